The second-order valence-electron chi connectivity index (χ2n) is 8.80. The number of rotatable bonds is 9. The van der Waals surface area contributed by atoms with Gasteiger partial charge in [0.15, 0.2) is 0 Å². The van der Waals surface area contributed by atoms with Crippen molar-refractivity contribution in [1.29, 1.82) is 0 Å². The SMILES string of the molecule is CC[C@H](C)C(=O)N[C@@H](C)C(O)N1C[C@H](O)C[C@H]1C(=O)NCc1ccc(-c2scnc2C)cc1. The van der Waals surface area contributed by atoms with E-state index in [9.17, 15) is 19.8 Å². The summed E-state index contributed by atoms with van der Waals surface area (Å²) in [4.78, 5) is 32.1. The number of carbonyl (C=O) groups excluding carboxylic acids is 2. The van der Waals surface area contributed by atoms with Gasteiger partial charge in [-0.2, -0.15) is 0 Å². The van der Waals surface area contributed by atoms with Crippen LogP contribution in [0, 0.1) is 12.8 Å². The van der Waals surface area contributed by atoms with Gasteiger partial charge in [0, 0.05) is 19.0 Å². The number of aliphatic hydroxyl groups is 2. The van der Waals surface area contributed by atoms with E-state index in [-0.39, 0.29) is 30.7 Å². The largest absolute Gasteiger partial charge is 0.392 e. The molecule has 1 aliphatic rings. The van der Waals surface area contributed by atoms with Gasteiger partial charge in [-0.3, -0.25) is 14.5 Å². The number of aliphatic hydroxyl groups excluding tert-OH is 2. The molecule has 0 spiro atoms. The molecule has 1 aromatic heterocycles. The van der Waals surface area contributed by atoms with Crippen molar-refractivity contribution in [2.45, 2.75) is 71.5 Å². The molecular formula is C24H34N4O4S. The quantitative estimate of drug-likeness (QED) is 0.442. The maximum absolute atomic E-state index is 12.9. The molecule has 5 atom stereocenters. The zero-order chi connectivity index (χ0) is 24.1. The van der Waals surface area contributed by atoms with Crippen LogP contribution in [0.1, 0.15) is 44.9 Å². The Morgan fingerprint density at radius 2 is 1.97 bits per heavy atom. The molecule has 8 nitrogen and oxygen atoms in total. The number of thiazole rings is 1. The molecule has 2 aromatic rings. The van der Waals surface area contributed by atoms with E-state index in [0.29, 0.717) is 13.0 Å². The average Bonchev–Trinajstić information content (AvgIpc) is 3.41. The van der Waals surface area contributed by atoms with E-state index in [0.717, 1.165) is 21.7 Å². The van der Waals surface area contributed by atoms with Crippen molar-refractivity contribution in [3.05, 3.63) is 41.0 Å². The van der Waals surface area contributed by atoms with Gasteiger partial charge in [0.25, 0.3) is 0 Å². The molecular weight excluding hydrogens is 440 g/mol. The number of aryl methyl sites for hydroxylation is 1. The molecule has 0 bridgehead atoms. The van der Waals surface area contributed by atoms with Crippen molar-refractivity contribution in [3.8, 4) is 10.4 Å². The fourth-order valence-corrected chi connectivity index (χ4v) is 4.77. The van der Waals surface area contributed by atoms with Crippen LogP contribution in [0.3, 0.4) is 0 Å². The smallest absolute Gasteiger partial charge is 0.237 e. The maximum atomic E-state index is 12.9. The minimum atomic E-state index is -1.08. The molecule has 1 fully saturated rings. The number of aromatic nitrogens is 1. The number of carbonyl (C=O) groups is 2. The number of nitrogens with zero attached hydrogens (tertiary/aromatic N) is 2. The maximum Gasteiger partial charge on any atom is 0.237 e. The first-order valence-corrected chi connectivity index (χ1v) is 12.3. The third-order valence-electron chi connectivity index (χ3n) is 6.27. The first kappa shape index (κ1) is 25.3. The van der Waals surface area contributed by atoms with Gasteiger partial charge in [-0.25, -0.2) is 4.98 Å². The van der Waals surface area contributed by atoms with E-state index in [1.54, 1.807) is 23.2 Å². The predicted molar refractivity (Wildman–Crippen MR) is 128 cm³/mol. The second-order valence-corrected chi connectivity index (χ2v) is 9.66. The Labute approximate surface area is 199 Å². The summed E-state index contributed by atoms with van der Waals surface area (Å²) in [5.74, 6) is -0.551. The topological polar surface area (TPSA) is 115 Å². The Kier molecular flexibility index (Phi) is 8.58. The van der Waals surface area contributed by atoms with Gasteiger partial charge in [-0.15, -0.1) is 11.3 Å². The highest BCUT2D eigenvalue weighted by Crippen LogP contribution is 2.27. The third kappa shape index (κ3) is 6.17. The molecule has 0 radical (unpaired) electrons. The van der Waals surface area contributed by atoms with Crippen LogP contribution in [0.5, 0.6) is 0 Å². The number of nitrogens with one attached hydrogen (secondary N) is 2. The van der Waals surface area contributed by atoms with E-state index >= 15 is 0 Å². The lowest BCUT2D eigenvalue weighted by atomic mass is 10.1. The number of hydrogen-bond acceptors (Lipinski definition) is 7. The molecule has 9 heteroatoms. The van der Waals surface area contributed by atoms with E-state index in [2.05, 4.69) is 15.6 Å². The van der Waals surface area contributed by atoms with Crippen molar-refractivity contribution in [2.24, 2.45) is 5.92 Å². The molecule has 1 aliphatic heterocycles. The van der Waals surface area contributed by atoms with Crippen molar-refractivity contribution in [1.82, 2.24) is 20.5 Å². The minimum absolute atomic E-state index is 0.137. The Hall–Kier alpha value is -2.33. The Morgan fingerprint density at radius 1 is 1.27 bits per heavy atom. The number of amides is 2. The van der Waals surface area contributed by atoms with Gasteiger partial charge in [0.05, 0.1) is 34.3 Å². The monoisotopic (exact) mass is 474 g/mol. The normalized spacial score (nSPS) is 21.4. The fraction of sp³-hybridized carbons (Fsp3) is 0.542. The fourth-order valence-electron chi connectivity index (χ4n) is 3.96. The van der Waals surface area contributed by atoms with Gasteiger partial charge >= 0.3 is 0 Å². The van der Waals surface area contributed by atoms with Crippen LogP contribution >= 0.6 is 11.3 Å². The summed E-state index contributed by atoms with van der Waals surface area (Å²) in [6, 6.07) is 6.72. The molecule has 0 aliphatic carbocycles. The Balaban J connectivity index is 1.58. The van der Waals surface area contributed by atoms with Gasteiger partial charge in [-0.1, -0.05) is 38.1 Å². The molecule has 2 heterocycles. The summed E-state index contributed by atoms with van der Waals surface area (Å²) >= 11 is 1.60. The Morgan fingerprint density at radius 3 is 2.58 bits per heavy atom. The number of benzene rings is 1. The van der Waals surface area contributed by atoms with Crippen LogP contribution in [0.25, 0.3) is 10.4 Å². The average molecular weight is 475 g/mol. The van der Waals surface area contributed by atoms with Gasteiger partial charge in [0.1, 0.15) is 6.23 Å². The summed E-state index contributed by atoms with van der Waals surface area (Å²) in [7, 11) is 0. The highest BCUT2D eigenvalue weighted by molar-refractivity contribution is 7.13. The van der Waals surface area contributed by atoms with Crippen LogP contribution in [0.4, 0.5) is 0 Å². The van der Waals surface area contributed by atoms with E-state index in [4.69, 9.17) is 0 Å². The van der Waals surface area contributed by atoms with Crippen molar-refractivity contribution < 1.29 is 19.8 Å². The molecule has 2 amide bonds. The van der Waals surface area contributed by atoms with Crippen molar-refractivity contribution in [3.63, 3.8) is 0 Å². The molecule has 0 saturated carbocycles. The summed E-state index contributed by atoms with van der Waals surface area (Å²) in [6.07, 6.45) is -0.853. The van der Waals surface area contributed by atoms with Crippen LogP contribution in [-0.2, 0) is 16.1 Å². The lowest BCUT2D eigenvalue weighted by Gasteiger charge is -2.33. The third-order valence-corrected chi connectivity index (χ3v) is 7.24. The van der Waals surface area contributed by atoms with E-state index in [1.807, 2.05) is 50.5 Å². The summed E-state index contributed by atoms with van der Waals surface area (Å²) < 4.78 is 0. The summed E-state index contributed by atoms with van der Waals surface area (Å²) in [6.45, 7) is 7.96. The van der Waals surface area contributed by atoms with Crippen LogP contribution in [0.2, 0.25) is 0 Å². The van der Waals surface area contributed by atoms with E-state index in [1.165, 1.54) is 0 Å². The number of β-amino-alcohol motifs (C(OH)–C–C–N with tert-alkyl or cyclic N) is 1. The number of likely N-dealkylation sites (tertiary alicyclic amines) is 1. The standard InChI is InChI=1S/C24H34N4O4S/c1-5-14(2)22(30)27-16(4)24(32)28-12-19(29)10-20(28)23(31)25-11-17-6-8-18(9-7-17)21-15(3)26-13-33-21/h6-9,13-14,16,19-20,24,29,32H,5,10-12H2,1-4H3,(H,25,31)(H,27,30)/t14-,16-,19+,20-,24?/m0/s1. The summed E-state index contributed by atoms with van der Waals surface area (Å²) in [5.41, 5.74) is 4.86. The van der Waals surface area contributed by atoms with Crippen LogP contribution in [0.15, 0.2) is 29.8 Å². The Bertz CT molecular complexity index is 948. The van der Waals surface area contributed by atoms with Crippen LogP contribution in [-0.4, -0.2) is 62.9 Å². The van der Waals surface area contributed by atoms with E-state index < -0.39 is 24.4 Å². The lowest BCUT2D eigenvalue weighted by Crippen LogP contribution is -2.55. The van der Waals surface area contributed by atoms with Crippen molar-refractivity contribution >= 4 is 23.2 Å². The molecule has 33 heavy (non-hydrogen) atoms. The van der Waals surface area contributed by atoms with Gasteiger partial charge in [0.2, 0.25) is 11.8 Å². The molecule has 4 N–H and O–H groups in total. The molecule has 1 aromatic carbocycles. The molecule has 1 saturated heterocycles. The van der Waals surface area contributed by atoms with Crippen molar-refractivity contribution in [2.75, 3.05) is 6.54 Å². The first-order valence-electron chi connectivity index (χ1n) is 11.4. The second kappa shape index (κ2) is 11.2. The zero-order valence-electron chi connectivity index (χ0n) is 19.6. The van der Waals surface area contributed by atoms with Crippen LogP contribution < -0.4 is 10.6 Å². The predicted octanol–water partition coefficient (Wildman–Crippen LogP) is 2.04. The molecule has 3 rings (SSSR count). The highest BCUT2D eigenvalue weighted by atomic mass is 32.1. The van der Waals surface area contributed by atoms with Gasteiger partial charge < -0.3 is 20.8 Å². The minimum Gasteiger partial charge on any atom is -0.392 e. The summed E-state index contributed by atoms with van der Waals surface area (Å²) in [5, 5.41) is 26.7. The zero-order valence-corrected chi connectivity index (χ0v) is 20.4. The molecule has 1 unspecified atom stereocenters. The first-order chi connectivity index (χ1) is 15.7. The lowest BCUT2D eigenvalue weighted by molar-refractivity contribution is -0.132. The highest BCUT2D eigenvalue weighted by Gasteiger charge is 2.41. The van der Waals surface area contributed by atoms with Gasteiger partial charge in [-0.05, 0) is 37.8 Å². The molecule has 180 valence electrons. The number of hydrogen-bond donors (Lipinski definition) is 4.